The fraction of sp³-hybridized carbons (Fsp3) is 0. The smallest absolute Gasteiger partial charge is 0.343 e. The third-order valence-corrected chi connectivity index (χ3v) is 5.01. The van der Waals surface area contributed by atoms with E-state index in [1.54, 1.807) is 54.6 Å². The lowest BCUT2D eigenvalue weighted by atomic mass is 10.2. The number of nitrogens with one attached hydrogen (secondary N) is 1. The van der Waals surface area contributed by atoms with Gasteiger partial charge in [0.05, 0.1) is 11.3 Å². The number of carbonyl (C=O) groups excluding carboxylic acids is 4. The number of nitrogens with zero attached hydrogens (tertiary/aromatic N) is 1. The number of aldehydes is 1. The van der Waals surface area contributed by atoms with Gasteiger partial charge < -0.3 is 10.1 Å². The maximum absolute atomic E-state index is 12.8. The van der Waals surface area contributed by atoms with E-state index in [9.17, 15) is 19.2 Å². The molecular formula is C24H15ClN2O5. The molecule has 8 heteroatoms. The molecule has 3 aromatic rings. The van der Waals surface area contributed by atoms with Crippen molar-refractivity contribution in [3.8, 4) is 5.75 Å². The molecule has 1 heterocycles. The SMILES string of the molecule is O=Cc1ccc(OC(=O)c2ccc(NC3=C(Cl)C(=O)N(c4ccccc4)C3=O)cc2)cc1. The fourth-order valence-corrected chi connectivity index (χ4v) is 3.25. The topological polar surface area (TPSA) is 92.8 Å². The molecule has 0 fully saturated rings. The maximum Gasteiger partial charge on any atom is 0.343 e. The second-order valence-corrected chi connectivity index (χ2v) is 7.13. The zero-order valence-corrected chi connectivity index (χ0v) is 17.2. The Bertz CT molecular complexity index is 1240. The van der Waals surface area contributed by atoms with Crippen LogP contribution in [0.15, 0.2) is 89.6 Å². The molecule has 4 rings (SSSR count). The Morgan fingerprint density at radius 3 is 2.16 bits per heavy atom. The molecule has 0 atom stereocenters. The molecule has 2 amide bonds. The molecule has 0 bridgehead atoms. The highest BCUT2D eigenvalue weighted by molar-refractivity contribution is 6.53. The lowest BCUT2D eigenvalue weighted by Crippen LogP contribution is -2.32. The van der Waals surface area contributed by atoms with Crippen LogP contribution in [0.25, 0.3) is 0 Å². The summed E-state index contributed by atoms with van der Waals surface area (Å²) in [6.07, 6.45) is 0.695. The van der Waals surface area contributed by atoms with Gasteiger partial charge in [-0.25, -0.2) is 9.69 Å². The molecule has 7 nitrogen and oxygen atoms in total. The van der Waals surface area contributed by atoms with Gasteiger partial charge in [0.2, 0.25) is 0 Å². The molecule has 1 aliphatic rings. The fourth-order valence-electron chi connectivity index (χ4n) is 3.04. The number of hydrogen-bond donors (Lipinski definition) is 1. The van der Waals surface area contributed by atoms with Crippen molar-refractivity contribution in [1.29, 1.82) is 0 Å². The minimum atomic E-state index is -0.619. The van der Waals surface area contributed by atoms with Gasteiger partial charge in [0.25, 0.3) is 11.8 Å². The van der Waals surface area contributed by atoms with E-state index in [2.05, 4.69) is 5.32 Å². The van der Waals surface area contributed by atoms with Crippen molar-refractivity contribution in [2.24, 2.45) is 0 Å². The second-order valence-electron chi connectivity index (χ2n) is 6.75. The molecule has 0 spiro atoms. The van der Waals surface area contributed by atoms with E-state index >= 15 is 0 Å². The van der Waals surface area contributed by atoms with E-state index in [0.717, 1.165) is 4.90 Å². The highest BCUT2D eigenvalue weighted by Gasteiger charge is 2.38. The number of esters is 1. The van der Waals surface area contributed by atoms with Gasteiger partial charge in [-0.2, -0.15) is 0 Å². The number of rotatable bonds is 6. The number of halogens is 1. The summed E-state index contributed by atoms with van der Waals surface area (Å²) >= 11 is 6.12. The molecule has 158 valence electrons. The number of para-hydroxylation sites is 1. The average Bonchev–Trinajstić information content (AvgIpc) is 3.03. The van der Waals surface area contributed by atoms with Crippen LogP contribution in [0.4, 0.5) is 11.4 Å². The van der Waals surface area contributed by atoms with Crippen molar-refractivity contribution in [2.75, 3.05) is 10.2 Å². The zero-order chi connectivity index (χ0) is 22.7. The Morgan fingerprint density at radius 2 is 1.53 bits per heavy atom. The molecule has 0 saturated heterocycles. The summed E-state index contributed by atoms with van der Waals surface area (Å²) in [6, 6.07) is 20.7. The van der Waals surface area contributed by atoms with Crippen LogP contribution >= 0.6 is 11.6 Å². The molecule has 0 aromatic heterocycles. The summed E-state index contributed by atoms with van der Waals surface area (Å²) in [5.74, 6) is -1.48. The van der Waals surface area contributed by atoms with Gasteiger partial charge in [-0.15, -0.1) is 0 Å². The highest BCUT2D eigenvalue weighted by atomic mass is 35.5. The third-order valence-electron chi connectivity index (χ3n) is 4.66. The first kappa shape index (κ1) is 21.0. The number of ether oxygens (including phenoxy) is 1. The average molecular weight is 447 g/mol. The number of hydrogen-bond acceptors (Lipinski definition) is 6. The molecule has 3 aromatic carbocycles. The van der Waals surface area contributed by atoms with Gasteiger partial charge in [0, 0.05) is 11.3 Å². The van der Waals surface area contributed by atoms with Gasteiger partial charge >= 0.3 is 5.97 Å². The van der Waals surface area contributed by atoms with Crippen LogP contribution in [0.1, 0.15) is 20.7 Å². The first-order chi connectivity index (χ1) is 15.5. The van der Waals surface area contributed by atoms with E-state index in [1.165, 1.54) is 24.3 Å². The summed E-state index contributed by atoms with van der Waals surface area (Å²) in [5.41, 5.74) is 1.57. The molecule has 0 unspecified atom stereocenters. The zero-order valence-electron chi connectivity index (χ0n) is 16.4. The molecule has 0 aliphatic carbocycles. The Labute approximate surface area is 187 Å². The summed E-state index contributed by atoms with van der Waals surface area (Å²) < 4.78 is 5.27. The van der Waals surface area contributed by atoms with Crippen molar-refractivity contribution in [3.63, 3.8) is 0 Å². The summed E-state index contributed by atoms with van der Waals surface area (Å²) in [7, 11) is 0. The summed E-state index contributed by atoms with van der Waals surface area (Å²) in [4.78, 5) is 49.2. The van der Waals surface area contributed by atoms with E-state index in [1.807, 2.05) is 0 Å². The number of amides is 2. The van der Waals surface area contributed by atoms with Crippen molar-refractivity contribution in [3.05, 3.63) is 101 Å². The van der Waals surface area contributed by atoms with E-state index in [-0.39, 0.29) is 16.3 Å². The van der Waals surface area contributed by atoms with Gasteiger partial charge in [0.1, 0.15) is 22.8 Å². The van der Waals surface area contributed by atoms with Gasteiger partial charge in [-0.1, -0.05) is 29.8 Å². The molecule has 1 aliphatic heterocycles. The van der Waals surface area contributed by atoms with Crippen LogP contribution in [-0.2, 0) is 9.59 Å². The van der Waals surface area contributed by atoms with Gasteiger partial charge in [0.15, 0.2) is 0 Å². The Kier molecular flexibility index (Phi) is 5.83. The highest BCUT2D eigenvalue weighted by Crippen LogP contribution is 2.30. The Morgan fingerprint density at radius 1 is 0.875 bits per heavy atom. The van der Waals surface area contributed by atoms with E-state index in [0.29, 0.717) is 29.0 Å². The van der Waals surface area contributed by atoms with Crippen LogP contribution in [0.5, 0.6) is 5.75 Å². The summed E-state index contributed by atoms with van der Waals surface area (Å²) in [5, 5.41) is 2.63. The lowest BCUT2D eigenvalue weighted by Gasteiger charge is -2.14. The minimum Gasteiger partial charge on any atom is -0.423 e. The number of benzene rings is 3. The lowest BCUT2D eigenvalue weighted by molar-refractivity contribution is -0.120. The van der Waals surface area contributed by atoms with Crippen LogP contribution in [0.3, 0.4) is 0 Å². The predicted molar refractivity (Wildman–Crippen MR) is 119 cm³/mol. The maximum atomic E-state index is 12.8. The first-order valence-electron chi connectivity index (χ1n) is 9.46. The Hall–Kier alpha value is -4.23. The van der Waals surface area contributed by atoms with Crippen molar-refractivity contribution in [2.45, 2.75) is 0 Å². The third kappa shape index (κ3) is 4.14. The molecule has 0 saturated carbocycles. The number of imide groups is 1. The largest absolute Gasteiger partial charge is 0.423 e. The predicted octanol–water partition coefficient (Wildman–Crippen LogP) is 4.15. The molecule has 0 radical (unpaired) electrons. The number of anilines is 2. The second kappa shape index (κ2) is 8.87. The molecule has 32 heavy (non-hydrogen) atoms. The number of carbonyl (C=O) groups is 4. The van der Waals surface area contributed by atoms with Crippen LogP contribution in [-0.4, -0.2) is 24.1 Å². The van der Waals surface area contributed by atoms with Crippen LogP contribution < -0.4 is 15.0 Å². The quantitative estimate of drug-likeness (QED) is 0.264. The first-order valence-corrected chi connectivity index (χ1v) is 9.84. The van der Waals surface area contributed by atoms with Gasteiger partial charge in [-0.05, 0) is 60.7 Å². The van der Waals surface area contributed by atoms with Crippen molar-refractivity contribution < 1.29 is 23.9 Å². The standard InChI is InChI=1S/C24H15ClN2O5/c25-20-21(23(30)27(22(20)29)18-4-2-1-3-5-18)26-17-10-8-16(9-11-17)24(31)32-19-12-6-15(14-28)7-13-19/h1-14,26H. The van der Waals surface area contributed by atoms with E-state index < -0.39 is 17.8 Å². The van der Waals surface area contributed by atoms with E-state index in [4.69, 9.17) is 16.3 Å². The Balaban J connectivity index is 1.46. The molecule has 1 N–H and O–H groups in total. The van der Waals surface area contributed by atoms with Crippen molar-refractivity contribution >= 4 is 47.0 Å². The monoisotopic (exact) mass is 446 g/mol. The normalized spacial score (nSPS) is 13.3. The minimum absolute atomic E-state index is 0.0499. The molecular weight excluding hydrogens is 432 g/mol. The van der Waals surface area contributed by atoms with Crippen molar-refractivity contribution in [1.82, 2.24) is 0 Å². The summed E-state index contributed by atoms with van der Waals surface area (Å²) in [6.45, 7) is 0. The van der Waals surface area contributed by atoms with Crippen LogP contribution in [0.2, 0.25) is 0 Å². The van der Waals surface area contributed by atoms with Crippen LogP contribution in [0, 0.1) is 0 Å². The van der Waals surface area contributed by atoms with Gasteiger partial charge in [-0.3, -0.25) is 14.4 Å².